The fourth-order valence-electron chi connectivity index (χ4n) is 3.07. The van der Waals surface area contributed by atoms with E-state index in [-0.39, 0.29) is 5.91 Å². The van der Waals surface area contributed by atoms with Crippen LogP contribution in [0.2, 0.25) is 0 Å². The van der Waals surface area contributed by atoms with E-state index in [0.717, 1.165) is 33.7 Å². The molecule has 3 N–H and O–H groups in total. The first-order valence-corrected chi connectivity index (χ1v) is 10.9. The number of rotatable bonds is 5. The van der Waals surface area contributed by atoms with Crippen LogP contribution in [-0.2, 0) is 0 Å². The van der Waals surface area contributed by atoms with E-state index in [2.05, 4.69) is 21.5 Å². The van der Waals surface area contributed by atoms with Gasteiger partial charge in [-0.3, -0.25) is 4.79 Å². The van der Waals surface area contributed by atoms with E-state index in [9.17, 15) is 4.79 Å². The number of hydrazone groups is 1. The number of benzene rings is 1. The highest BCUT2D eigenvalue weighted by molar-refractivity contribution is 7.18. The summed E-state index contributed by atoms with van der Waals surface area (Å²) >= 11 is 3.27. The van der Waals surface area contributed by atoms with Gasteiger partial charge in [-0.15, -0.1) is 11.3 Å². The van der Waals surface area contributed by atoms with Crippen LogP contribution < -0.4 is 16.1 Å². The summed E-state index contributed by atoms with van der Waals surface area (Å²) in [6, 6.07) is 10.8. The topological polar surface area (TPSA) is 83.6 Å². The molecule has 0 spiro atoms. The third-order valence-electron chi connectivity index (χ3n) is 4.54. The molecule has 4 rings (SSSR count). The van der Waals surface area contributed by atoms with Crippen molar-refractivity contribution in [2.75, 3.05) is 23.7 Å². The normalized spacial score (nSPS) is 14.5. The van der Waals surface area contributed by atoms with Gasteiger partial charge in [0.2, 0.25) is 0 Å². The number of aromatic nitrogens is 1. The number of anilines is 2. The first kappa shape index (κ1) is 18.6. The van der Waals surface area contributed by atoms with E-state index in [1.165, 1.54) is 19.3 Å². The molecule has 0 saturated carbocycles. The van der Waals surface area contributed by atoms with Gasteiger partial charge in [0, 0.05) is 24.3 Å². The zero-order chi connectivity index (χ0) is 19.3. The molecule has 144 valence electrons. The average Bonchev–Trinajstić information content (AvgIpc) is 3.39. The molecule has 1 aromatic carbocycles. The maximum Gasteiger partial charge on any atom is 0.271 e. The van der Waals surface area contributed by atoms with Crippen LogP contribution >= 0.6 is 22.7 Å². The van der Waals surface area contributed by atoms with Crippen LogP contribution in [0.3, 0.4) is 0 Å². The smallest absolute Gasteiger partial charge is 0.271 e. The van der Waals surface area contributed by atoms with Gasteiger partial charge in [0.15, 0.2) is 5.13 Å². The third-order valence-corrected chi connectivity index (χ3v) is 6.47. The number of nitrogen functional groups attached to an aromatic ring is 1. The summed E-state index contributed by atoms with van der Waals surface area (Å²) in [4.78, 5) is 21.5. The van der Waals surface area contributed by atoms with Crippen LogP contribution in [0.1, 0.15) is 34.5 Å². The summed E-state index contributed by atoms with van der Waals surface area (Å²) in [5.41, 5.74) is 10.3. The molecule has 0 bridgehead atoms. The molecular formula is C20H21N5OS2. The number of nitrogens with one attached hydrogen (secondary N) is 1. The number of nitrogens with two attached hydrogens (primary N) is 1. The molecule has 8 heteroatoms. The fraction of sp³-hybridized carbons (Fsp3) is 0.250. The van der Waals surface area contributed by atoms with Gasteiger partial charge in [0.05, 0.1) is 16.0 Å². The molecular weight excluding hydrogens is 390 g/mol. The number of carbonyl (C=O) groups is 1. The zero-order valence-corrected chi connectivity index (χ0v) is 16.9. The number of hydrogen-bond acceptors (Lipinski definition) is 7. The number of carbonyl (C=O) groups excluding carboxylic acids is 1. The van der Waals surface area contributed by atoms with E-state index in [1.807, 2.05) is 11.4 Å². The van der Waals surface area contributed by atoms with Gasteiger partial charge in [0.1, 0.15) is 5.69 Å². The second-order valence-electron chi connectivity index (χ2n) is 6.56. The van der Waals surface area contributed by atoms with Crippen molar-refractivity contribution in [2.24, 2.45) is 5.10 Å². The Balaban J connectivity index is 1.53. The average molecular weight is 412 g/mol. The van der Waals surface area contributed by atoms with Gasteiger partial charge < -0.3 is 10.6 Å². The lowest BCUT2D eigenvalue weighted by molar-refractivity contribution is 0.0955. The van der Waals surface area contributed by atoms with E-state index >= 15 is 0 Å². The van der Waals surface area contributed by atoms with Crippen molar-refractivity contribution < 1.29 is 4.79 Å². The molecule has 0 radical (unpaired) electrons. The highest BCUT2D eigenvalue weighted by atomic mass is 32.1. The molecule has 3 heterocycles. The van der Waals surface area contributed by atoms with Crippen molar-refractivity contribution >= 4 is 45.6 Å². The Morgan fingerprint density at radius 1 is 1.18 bits per heavy atom. The lowest BCUT2D eigenvalue weighted by Crippen LogP contribution is -2.29. The Hall–Kier alpha value is -2.71. The molecule has 28 heavy (non-hydrogen) atoms. The maximum absolute atomic E-state index is 12.2. The minimum absolute atomic E-state index is 0.269. The zero-order valence-electron chi connectivity index (χ0n) is 15.3. The van der Waals surface area contributed by atoms with E-state index in [0.29, 0.717) is 11.3 Å². The number of piperidine rings is 1. The first-order chi connectivity index (χ1) is 13.7. The van der Waals surface area contributed by atoms with Crippen LogP contribution in [0.5, 0.6) is 0 Å². The Morgan fingerprint density at radius 2 is 1.96 bits per heavy atom. The second-order valence-corrected chi connectivity index (χ2v) is 8.51. The Labute approximate surface area is 171 Å². The van der Waals surface area contributed by atoms with Crippen LogP contribution in [0.25, 0.3) is 10.6 Å². The number of thiophene rings is 1. The molecule has 1 saturated heterocycles. The van der Waals surface area contributed by atoms with Crippen LogP contribution in [0, 0.1) is 0 Å². The SMILES string of the molecule is Nc1ccc(C(=O)N/N=C\c2sc(N3CCCCC3)nc2-c2cccs2)cc1. The van der Waals surface area contributed by atoms with Crippen molar-refractivity contribution in [3.05, 3.63) is 52.2 Å². The Kier molecular flexibility index (Phi) is 5.68. The van der Waals surface area contributed by atoms with E-state index in [4.69, 9.17) is 10.7 Å². The molecule has 2 aromatic heterocycles. The maximum atomic E-state index is 12.2. The third kappa shape index (κ3) is 4.23. The minimum atomic E-state index is -0.269. The molecule has 0 atom stereocenters. The van der Waals surface area contributed by atoms with Crippen LogP contribution in [0.15, 0.2) is 46.9 Å². The molecule has 0 unspecified atom stereocenters. The summed E-state index contributed by atoms with van der Waals surface area (Å²) in [6.07, 6.45) is 5.38. The monoisotopic (exact) mass is 411 g/mol. The number of thiazole rings is 1. The largest absolute Gasteiger partial charge is 0.399 e. The van der Waals surface area contributed by atoms with Crippen molar-refractivity contribution in [3.63, 3.8) is 0 Å². The van der Waals surface area contributed by atoms with Gasteiger partial charge in [-0.05, 0) is 55.0 Å². The standard InChI is InChI=1S/C20H21N5OS2/c21-15-8-6-14(7-9-15)19(26)24-22-13-17-18(16-5-4-12-27-16)23-20(28-17)25-10-2-1-3-11-25/h4-9,12-13H,1-3,10-11,21H2,(H,24,26)/b22-13-. The van der Waals surface area contributed by atoms with Crippen molar-refractivity contribution in [1.29, 1.82) is 0 Å². The van der Waals surface area contributed by atoms with Gasteiger partial charge in [-0.2, -0.15) is 5.10 Å². The first-order valence-electron chi connectivity index (χ1n) is 9.19. The van der Waals surface area contributed by atoms with Crippen LogP contribution in [0.4, 0.5) is 10.8 Å². The molecule has 1 aliphatic rings. The Morgan fingerprint density at radius 3 is 2.68 bits per heavy atom. The number of hydrogen-bond donors (Lipinski definition) is 2. The van der Waals surface area contributed by atoms with Crippen molar-refractivity contribution in [1.82, 2.24) is 10.4 Å². The van der Waals surface area contributed by atoms with E-state index in [1.54, 1.807) is 53.2 Å². The van der Waals surface area contributed by atoms with Gasteiger partial charge in [-0.1, -0.05) is 17.4 Å². The van der Waals surface area contributed by atoms with Crippen molar-refractivity contribution in [3.8, 4) is 10.6 Å². The summed E-state index contributed by atoms with van der Waals surface area (Å²) < 4.78 is 0. The molecule has 1 aliphatic heterocycles. The predicted molar refractivity (Wildman–Crippen MR) is 117 cm³/mol. The molecule has 1 fully saturated rings. The second kappa shape index (κ2) is 8.53. The number of amides is 1. The summed E-state index contributed by atoms with van der Waals surface area (Å²) in [5, 5.41) is 7.23. The van der Waals surface area contributed by atoms with Gasteiger partial charge in [0.25, 0.3) is 5.91 Å². The van der Waals surface area contributed by atoms with Gasteiger partial charge in [-0.25, -0.2) is 10.4 Å². The number of nitrogens with zero attached hydrogens (tertiary/aromatic N) is 3. The lowest BCUT2D eigenvalue weighted by Gasteiger charge is -2.25. The highest BCUT2D eigenvalue weighted by Crippen LogP contribution is 2.35. The molecule has 3 aromatic rings. The molecule has 1 amide bonds. The summed E-state index contributed by atoms with van der Waals surface area (Å²) in [5.74, 6) is -0.269. The summed E-state index contributed by atoms with van der Waals surface area (Å²) in [6.45, 7) is 2.09. The lowest BCUT2D eigenvalue weighted by atomic mass is 10.1. The summed E-state index contributed by atoms with van der Waals surface area (Å²) in [7, 11) is 0. The minimum Gasteiger partial charge on any atom is -0.399 e. The molecule has 0 aliphatic carbocycles. The van der Waals surface area contributed by atoms with Gasteiger partial charge >= 0.3 is 0 Å². The highest BCUT2D eigenvalue weighted by Gasteiger charge is 2.19. The Bertz CT molecular complexity index is 957. The fourth-order valence-corrected chi connectivity index (χ4v) is 4.86. The quantitative estimate of drug-likeness (QED) is 0.374. The van der Waals surface area contributed by atoms with E-state index < -0.39 is 0 Å². The predicted octanol–water partition coefficient (Wildman–Crippen LogP) is 4.21. The van der Waals surface area contributed by atoms with Crippen LogP contribution in [-0.4, -0.2) is 30.2 Å². The van der Waals surface area contributed by atoms with Crippen molar-refractivity contribution in [2.45, 2.75) is 19.3 Å². The molecule has 6 nitrogen and oxygen atoms in total.